The number of nitrogens with one attached hydrogen (secondary N) is 1. The molecule has 0 aliphatic carbocycles. The third kappa shape index (κ3) is 8.96. The lowest BCUT2D eigenvalue weighted by Gasteiger charge is -2.38. The normalized spacial score (nSPS) is 12.4. The highest BCUT2D eigenvalue weighted by molar-refractivity contribution is 8.37. The van der Waals surface area contributed by atoms with E-state index in [-0.39, 0.29) is 1.43 Å². The number of carbonyl (C=O) groups is 2. The number of hydrogen-bond donors (Lipinski definition) is 1. The number of hydrogen-bond acceptors (Lipinski definition) is 7. The van der Waals surface area contributed by atoms with Gasteiger partial charge in [-0.15, -0.1) is 0 Å². The van der Waals surface area contributed by atoms with Gasteiger partial charge in [0.25, 0.3) is 0 Å². The Morgan fingerprint density at radius 2 is 1.68 bits per heavy atom. The van der Waals surface area contributed by atoms with Gasteiger partial charge in [-0.2, -0.15) is 10.0 Å². The van der Waals surface area contributed by atoms with Crippen molar-refractivity contribution in [2.75, 3.05) is 25.7 Å². The molecule has 0 radical (unpaired) electrons. The van der Waals surface area contributed by atoms with Crippen molar-refractivity contribution in [1.82, 2.24) is 24.3 Å². The minimum Gasteiger partial charge on any atom is -0.481 e. The maximum Gasteiger partial charge on any atom is 0.410 e. The van der Waals surface area contributed by atoms with Gasteiger partial charge < -0.3 is 14.8 Å². The van der Waals surface area contributed by atoms with Crippen molar-refractivity contribution >= 4 is 33.5 Å². The number of imidazole rings is 1. The fraction of sp³-hybridized carbons (Fsp3) is 0.462. The fourth-order valence-electron chi connectivity index (χ4n) is 4.98. The molecular weight excluding hydrogens is 649 g/mol. The maximum absolute atomic E-state index is 13.4. The number of ether oxygens (including phenoxy) is 2. The van der Waals surface area contributed by atoms with Gasteiger partial charge in [-0.25, -0.2) is 19.7 Å². The van der Waals surface area contributed by atoms with Gasteiger partial charge >= 0.3 is 6.09 Å². The minimum atomic E-state index is -1.36. The Labute approximate surface area is 301 Å². The average Bonchev–Trinajstić information content (AvgIpc) is 3.44. The van der Waals surface area contributed by atoms with Crippen molar-refractivity contribution in [2.24, 2.45) is 0 Å². The maximum atomic E-state index is 13.4. The molecule has 1 unspecified atom stereocenters. The van der Waals surface area contributed by atoms with Crippen LogP contribution in [0, 0.1) is 18.1 Å². The second kappa shape index (κ2) is 16.4. The first-order valence-electron chi connectivity index (χ1n) is 17.0. The van der Waals surface area contributed by atoms with E-state index < -0.39 is 33.7 Å². The van der Waals surface area contributed by atoms with Gasteiger partial charge in [0.1, 0.15) is 34.5 Å². The molecule has 1 N–H and O–H groups in total. The van der Waals surface area contributed by atoms with E-state index in [9.17, 15) is 9.59 Å². The lowest BCUT2D eigenvalue weighted by atomic mass is 10.0. The van der Waals surface area contributed by atoms with Crippen LogP contribution in [0.3, 0.4) is 0 Å². The van der Waals surface area contributed by atoms with Gasteiger partial charge in [-0.1, -0.05) is 41.5 Å². The second-order valence-electron chi connectivity index (χ2n) is 13.5. The van der Waals surface area contributed by atoms with E-state index in [1.807, 2.05) is 61.7 Å². The predicted octanol–water partition coefficient (Wildman–Crippen LogP) is 8.80. The molecule has 0 spiro atoms. The number of aryl methyl sites for hydroxylation is 1. The molecule has 4 aromatic rings. The zero-order valence-corrected chi connectivity index (χ0v) is 32.9. The van der Waals surface area contributed by atoms with Crippen LogP contribution in [-0.4, -0.2) is 78.8 Å². The van der Waals surface area contributed by atoms with E-state index in [1.54, 1.807) is 47.1 Å². The summed E-state index contributed by atoms with van der Waals surface area (Å²) in [6.07, 6.45) is 5.32. The Morgan fingerprint density at radius 3 is 2.28 bits per heavy atom. The molecule has 11 heteroatoms. The molecule has 2 amide bonds. The molecule has 0 saturated carbocycles. The molecule has 0 saturated heterocycles. The van der Waals surface area contributed by atoms with Crippen molar-refractivity contribution in [2.45, 2.75) is 98.3 Å². The Hall–Kier alpha value is -4.56. The summed E-state index contributed by atoms with van der Waals surface area (Å²) in [4.78, 5) is 41.7. The molecule has 4 rings (SSSR count). The largest absolute Gasteiger partial charge is 0.481 e. The third-order valence-corrected chi connectivity index (χ3v) is 12.9. The van der Waals surface area contributed by atoms with Crippen LogP contribution < -0.4 is 10.1 Å². The number of pyridine rings is 3. The van der Waals surface area contributed by atoms with E-state index in [0.29, 0.717) is 33.6 Å². The number of fused-ring (bicyclic) bond motifs is 1. The number of aromatic nitrogens is 4. The summed E-state index contributed by atoms with van der Waals surface area (Å²) in [6, 6.07) is 10.6. The van der Waals surface area contributed by atoms with Crippen LogP contribution in [0.15, 0.2) is 48.8 Å². The Morgan fingerprint density at radius 1 is 1.02 bits per heavy atom. The van der Waals surface area contributed by atoms with Crippen molar-refractivity contribution in [3.8, 4) is 39.6 Å². The van der Waals surface area contributed by atoms with E-state index in [2.05, 4.69) is 55.4 Å². The van der Waals surface area contributed by atoms with Gasteiger partial charge in [0.05, 0.1) is 18.4 Å². The molecule has 50 heavy (non-hydrogen) atoms. The van der Waals surface area contributed by atoms with E-state index in [4.69, 9.17) is 19.4 Å². The standard InChI is InChI=1S/C37H48N6O4S.C2H6.H2/c1-23(2)48(12,24(3)4)21-18-29-27(15-16-30(39-29)40-34(44)26(6)42(10)36(45)47-37(7,8)9)33-32(28-14-13-19-38-35(28)46-11)41-31-22-25(5)17-20-43(31)33;1-2;/h13-17,19-20,22-24,26H,1-12H3,(H,39,40,44);1-2H3;1H. The number of rotatable bonds is 8. The van der Waals surface area contributed by atoms with Crippen LogP contribution in [0.2, 0.25) is 0 Å². The lowest BCUT2D eigenvalue weighted by Crippen LogP contribution is -2.45. The number of anilines is 1. The van der Waals surface area contributed by atoms with E-state index in [1.165, 1.54) is 11.9 Å². The molecule has 4 heterocycles. The van der Waals surface area contributed by atoms with E-state index in [0.717, 1.165) is 28.0 Å². The topological polar surface area (TPSA) is 111 Å². The SMILES string of the molecule is CC.COc1ncccc1-c1nc2cc(C)ccn2c1-c1ccc(NC(=O)C(C)N(C)C(=O)OC(C)(C)C)nc1C#CS(C)(C(C)C)C(C)C.[HH]. The quantitative estimate of drug-likeness (QED) is 0.183. The number of carbonyl (C=O) groups excluding carboxylic acids is 2. The molecule has 0 bridgehead atoms. The Balaban J connectivity index is 0.00000295. The molecule has 0 aliphatic heterocycles. The van der Waals surface area contributed by atoms with Crippen LogP contribution in [0.5, 0.6) is 5.88 Å². The fourth-order valence-corrected chi connectivity index (χ4v) is 6.85. The highest BCUT2D eigenvalue weighted by Crippen LogP contribution is 2.52. The highest BCUT2D eigenvalue weighted by Gasteiger charge is 2.29. The average molecular weight is 705 g/mol. The van der Waals surface area contributed by atoms with Crippen LogP contribution in [0.25, 0.3) is 28.2 Å². The van der Waals surface area contributed by atoms with Crippen molar-refractivity contribution in [3.63, 3.8) is 0 Å². The van der Waals surface area contributed by atoms with Crippen molar-refractivity contribution in [3.05, 3.63) is 60.0 Å². The van der Waals surface area contributed by atoms with Crippen LogP contribution in [-0.2, 0) is 9.53 Å². The van der Waals surface area contributed by atoms with Gasteiger partial charge in [-0.3, -0.25) is 14.1 Å². The van der Waals surface area contributed by atoms with Gasteiger partial charge in [0, 0.05) is 26.4 Å². The monoisotopic (exact) mass is 704 g/mol. The van der Waals surface area contributed by atoms with Crippen molar-refractivity contribution in [1.29, 1.82) is 0 Å². The second-order valence-corrected chi connectivity index (χ2v) is 17.7. The Bertz CT molecular complexity index is 1880. The number of methoxy groups -OCH3 is 1. The van der Waals surface area contributed by atoms with Gasteiger partial charge in [0.2, 0.25) is 11.8 Å². The number of likely N-dealkylation sites (N-methyl/N-ethyl adjacent to an activating group) is 1. The smallest absolute Gasteiger partial charge is 0.410 e. The highest BCUT2D eigenvalue weighted by atomic mass is 32.3. The lowest BCUT2D eigenvalue weighted by molar-refractivity contribution is -0.120. The summed E-state index contributed by atoms with van der Waals surface area (Å²) in [5.74, 6) is 3.80. The summed E-state index contributed by atoms with van der Waals surface area (Å²) in [5, 5.41) is 7.24. The Kier molecular flexibility index (Phi) is 13.1. The molecule has 0 aromatic carbocycles. The molecule has 272 valence electrons. The summed E-state index contributed by atoms with van der Waals surface area (Å²) < 4.78 is 13.1. The van der Waals surface area contributed by atoms with Crippen molar-refractivity contribution < 1.29 is 20.5 Å². The zero-order valence-electron chi connectivity index (χ0n) is 32.1. The first kappa shape index (κ1) is 39.9. The molecule has 0 fully saturated rings. The van der Waals surface area contributed by atoms with Crippen LogP contribution in [0.4, 0.5) is 10.6 Å². The summed E-state index contributed by atoms with van der Waals surface area (Å²) in [5.41, 5.74) is 4.53. The molecule has 10 nitrogen and oxygen atoms in total. The van der Waals surface area contributed by atoms with E-state index >= 15 is 0 Å². The first-order valence-corrected chi connectivity index (χ1v) is 19.2. The predicted molar refractivity (Wildman–Crippen MR) is 209 cm³/mol. The first-order chi connectivity index (χ1) is 23.5. The minimum absolute atomic E-state index is 0. The molecule has 0 aliphatic rings. The van der Waals surface area contributed by atoms with Gasteiger partial charge in [-0.05, 0) is 105 Å². The van der Waals surface area contributed by atoms with Crippen LogP contribution in [0.1, 0.15) is 81.9 Å². The number of amides is 2. The molecule has 1 atom stereocenters. The molecular formula is C39H56N6O4S. The summed E-state index contributed by atoms with van der Waals surface area (Å²) in [7, 11) is 1.76. The summed E-state index contributed by atoms with van der Waals surface area (Å²) >= 11 is 0. The zero-order chi connectivity index (χ0) is 37.6. The molecule has 4 aromatic heterocycles. The number of nitrogens with zero attached hydrogens (tertiary/aromatic N) is 5. The van der Waals surface area contributed by atoms with Crippen LogP contribution >= 0.6 is 10.0 Å². The van der Waals surface area contributed by atoms with Gasteiger partial charge in [0.15, 0.2) is 0 Å². The summed E-state index contributed by atoms with van der Waals surface area (Å²) in [6.45, 7) is 21.8. The third-order valence-electron chi connectivity index (χ3n) is 8.39.